The van der Waals surface area contributed by atoms with Crippen LogP contribution < -0.4 is 0 Å². The molecule has 0 N–H and O–H groups in total. The highest BCUT2D eigenvalue weighted by Gasteiger charge is 2.33. The number of carbonyl (C=O) groups is 1. The quantitative estimate of drug-likeness (QED) is 0.525. The van der Waals surface area contributed by atoms with Crippen molar-refractivity contribution in [3.05, 3.63) is 11.1 Å². The number of Topliss-reactive ketones (excluding diaryl/α,β-unsaturated/α-hetero) is 1. The molecule has 2 unspecified atom stereocenters. The van der Waals surface area contributed by atoms with Crippen LogP contribution in [-0.2, 0) is 4.79 Å². The van der Waals surface area contributed by atoms with Crippen LogP contribution in [-0.4, -0.2) is 5.78 Å². The average Bonchev–Trinajstić information content (AvgIpc) is 1.91. The lowest BCUT2D eigenvalue weighted by Crippen LogP contribution is -2.28. The van der Waals surface area contributed by atoms with E-state index in [1.54, 1.807) is 0 Å². The third kappa shape index (κ3) is 0.807. The molecule has 3 rings (SSSR count). The van der Waals surface area contributed by atoms with E-state index in [0.29, 0.717) is 18.1 Å². The number of carbonyl (C=O) groups excluding carboxylic acids is 1. The maximum Gasteiger partial charge on any atom is 0.140 e. The van der Waals surface area contributed by atoms with Gasteiger partial charge in [-0.1, -0.05) is 17.7 Å². The molecule has 3 aliphatic rings. The van der Waals surface area contributed by atoms with Crippen molar-refractivity contribution in [1.29, 1.82) is 0 Å². The van der Waals surface area contributed by atoms with E-state index in [1.807, 2.05) is 6.08 Å². The monoisotopic (exact) mass is 156 g/mol. The normalized spacial score (nSPS) is 38.1. The molecule has 1 saturated carbocycles. The van der Waals surface area contributed by atoms with Crippen molar-refractivity contribution in [3.63, 3.8) is 0 Å². The van der Waals surface area contributed by atoms with Crippen LogP contribution in [0.15, 0.2) is 11.1 Å². The fraction of sp³-hybridized carbons (Fsp3) is 0.625. The minimum Gasteiger partial charge on any atom is -0.299 e. The van der Waals surface area contributed by atoms with Crippen molar-refractivity contribution in [2.45, 2.75) is 19.3 Å². The molecule has 0 saturated heterocycles. The first kappa shape index (κ1) is 6.41. The Hall–Kier alpha value is -0.300. The van der Waals surface area contributed by atoms with Crippen molar-refractivity contribution in [2.24, 2.45) is 11.8 Å². The van der Waals surface area contributed by atoms with E-state index >= 15 is 0 Å². The van der Waals surface area contributed by atoms with Crippen molar-refractivity contribution < 1.29 is 4.79 Å². The zero-order chi connectivity index (χ0) is 7.14. The smallest absolute Gasteiger partial charge is 0.140 e. The molecule has 0 spiro atoms. The molecular weight excluding hydrogens is 148 g/mol. The molecular formula is C8H9ClO. The van der Waals surface area contributed by atoms with E-state index in [4.69, 9.17) is 11.6 Å². The van der Waals surface area contributed by atoms with E-state index in [9.17, 15) is 4.79 Å². The van der Waals surface area contributed by atoms with E-state index < -0.39 is 0 Å². The van der Waals surface area contributed by atoms with E-state index in [0.717, 1.165) is 17.9 Å². The van der Waals surface area contributed by atoms with Crippen molar-refractivity contribution in [3.8, 4) is 0 Å². The SMILES string of the molecule is O=C1CC2CCC1C=C2Cl. The standard InChI is InChI=1S/C8H9ClO/c9-7-3-6-2-1-5(7)4-8(6)10/h3,5-6H,1-2,4H2. The van der Waals surface area contributed by atoms with Crippen LogP contribution in [0.2, 0.25) is 0 Å². The average molecular weight is 157 g/mol. The Kier molecular flexibility index (Phi) is 1.34. The van der Waals surface area contributed by atoms with Gasteiger partial charge in [-0.3, -0.25) is 4.79 Å². The lowest BCUT2D eigenvalue weighted by molar-refractivity contribution is -0.124. The van der Waals surface area contributed by atoms with Crippen molar-refractivity contribution in [1.82, 2.24) is 0 Å². The molecule has 1 fully saturated rings. The van der Waals surface area contributed by atoms with E-state index in [1.165, 1.54) is 0 Å². The summed E-state index contributed by atoms with van der Waals surface area (Å²) in [6.07, 6.45) is 4.77. The topological polar surface area (TPSA) is 17.1 Å². The molecule has 0 aromatic carbocycles. The highest BCUT2D eigenvalue weighted by atomic mass is 35.5. The number of fused-ring (bicyclic) bond motifs is 2. The van der Waals surface area contributed by atoms with Gasteiger partial charge in [0.2, 0.25) is 0 Å². The predicted octanol–water partition coefficient (Wildman–Crippen LogP) is 2.11. The van der Waals surface area contributed by atoms with Gasteiger partial charge in [-0.2, -0.15) is 0 Å². The van der Waals surface area contributed by atoms with Gasteiger partial charge in [-0.05, 0) is 12.8 Å². The lowest BCUT2D eigenvalue weighted by Gasteiger charge is -2.31. The number of rotatable bonds is 0. The summed E-state index contributed by atoms with van der Waals surface area (Å²) in [5, 5.41) is 0.927. The van der Waals surface area contributed by atoms with Crippen LogP contribution in [0.1, 0.15) is 19.3 Å². The highest BCUT2D eigenvalue weighted by Crippen LogP contribution is 2.39. The molecule has 2 atom stereocenters. The van der Waals surface area contributed by atoms with Gasteiger partial charge >= 0.3 is 0 Å². The Morgan fingerprint density at radius 2 is 2.30 bits per heavy atom. The largest absolute Gasteiger partial charge is 0.299 e. The van der Waals surface area contributed by atoms with Gasteiger partial charge in [-0.25, -0.2) is 0 Å². The maximum absolute atomic E-state index is 11.1. The maximum atomic E-state index is 11.1. The third-order valence-electron chi connectivity index (χ3n) is 2.44. The zero-order valence-electron chi connectivity index (χ0n) is 5.64. The Bertz CT molecular complexity index is 207. The summed E-state index contributed by atoms with van der Waals surface area (Å²) in [7, 11) is 0. The number of hydrogen-bond acceptors (Lipinski definition) is 1. The first-order chi connectivity index (χ1) is 4.77. The second kappa shape index (κ2) is 2.09. The van der Waals surface area contributed by atoms with Gasteiger partial charge < -0.3 is 0 Å². The Labute approximate surface area is 65.1 Å². The predicted molar refractivity (Wildman–Crippen MR) is 39.8 cm³/mol. The molecule has 0 aromatic heterocycles. The Morgan fingerprint density at radius 1 is 1.50 bits per heavy atom. The Balaban J connectivity index is 2.34. The summed E-state index contributed by atoms with van der Waals surface area (Å²) in [6.45, 7) is 0. The third-order valence-corrected chi connectivity index (χ3v) is 2.87. The number of halogens is 1. The molecule has 54 valence electrons. The van der Waals surface area contributed by atoms with Gasteiger partial charge in [0.15, 0.2) is 0 Å². The molecule has 2 bridgehead atoms. The molecule has 0 amide bonds. The summed E-state index contributed by atoms with van der Waals surface area (Å²) in [5.74, 6) is 0.928. The number of allylic oxidation sites excluding steroid dienone is 2. The van der Waals surface area contributed by atoms with Gasteiger partial charge in [0, 0.05) is 23.3 Å². The van der Waals surface area contributed by atoms with Crippen LogP contribution >= 0.6 is 11.6 Å². The summed E-state index contributed by atoms with van der Waals surface area (Å²) >= 11 is 5.89. The zero-order valence-corrected chi connectivity index (χ0v) is 6.40. The minimum atomic E-state index is 0.164. The second-order valence-corrected chi connectivity index (χ2v) is 3.54. The van der Waals surface area contributed by atoms with Gasteiger partial charge in [0.05, 0.1) is 0 Å². The second-order valence-electron chi connectivity index (χ2n) is 3.10. The van der Waals surface area contributed by atoms with Crippen LogP contribution in [0.3, 0.4) is 0 Å². The van der Waals surface area contributed by atoms with E-state index in [2.05, 4.69) is 0 Å². The lowest BCUT2D eigenvalue weighted by atomic mass is 9.75. The Morgan fingerprint density at radius 3 is 2.60 bits per heavy atom. The van der Waals surface area contributed by atoms with Gasteiger partial charge in [-0.15, -0.1) is 0 Å². The molecule has 0 radical (unpaired) electrons. The minimum absolute atomic E-state index is 0.164. The fourth-order valence-corrected chi connectivity index (χ4v) is 2.12. The van der Waals surface area contributed by atoms with Crippen LogP contribution in [0.4, 0.5) is 0 Å². The van der Waals surface area contributed by atoms with Gasteiger partial charge in [0.1, 0.15) is 5.78 Å². The number of hydrogen-bond donors (Lipinski definition) is 0. The molecule has 10 heavy (non-hydrogen) atoms. The molecule has 0 heterocycles. The van der Waals surface area contributed by atoms with Crippen molar-refractivity contribution >= 4 is 17.4 Å². The molecule has 0 aromatic rings. The summed E-state index contributed by atoms with van der Waals surface area (Å²) in [4.78, 5) is 11.1. The number of ketones is 1. The van der Waals surface area contributed by atoms with Crippen molar-refractivity contribution in [2.75, 3.05) is 0 Å². The first-order valence-electron chi connectivity index (χ1n) is 3.67. The summed E-state index contributed by atoms with van der Waals surface area (Å²) in [6, 6.07) is 0. The van der Waals surface area contributed by atoms with Crippen LogP contribution in [0.25, 0.3) is 0 Å². The summed E-state index contributed by atoms with van der Waals surface area (Å²) < 4.78 is 0. The van der Waals surface area contributed by atoms with Crippen LogP contribution in [0.5, 0.6) is 0 Å². The van der Waals surface area contributed by atoms with Crippen LogP contribution in [0, 0.1) is 11.8 Å². The molecule has 2 heteroatoms. The first-order valence-corrected chi connectivity index (χ1v) is 4.05. The molecule has 3 aliphatic carbocycles. The van der Waals surface area contributed by atoms with E-state index in [-0.39, 0.29) is 5.92 Å². The summed E-state index contributed by atoms with van der Waals surface area (Å²) in [5.41, 5.74) is 0. The van der Waals surface area contributed by atoms with Gasteiger partial charge in [0.25, 0.3) is 0 Å². The fourth-order valence-electron chi connectivity index (χ4n) is 1.78. The molecule has 0 aliphatic heterocycles. The highest BCUT2D eigenvalue weighted by molar-refractivity contribution is 6.30. The molecule has 1 nitrogen and oxygen atoms in total.